The lowest BCUT2D eigenvalue weighted by Crippen LogP contribution is -2.52. The van der Waals surface area contributed by atoms with Crippen molar-refractivity contribution in [3.63, 3.8) is 0 Å². The number of hydrogen-bond donors (Lipinski definition) is 3. The van der Waals surface area contributed by atoms with Crippen molar-refractivity contribution in [3.8, 4) is 5.88 Å². The smallest absolute Gasteiger partial charge is 0.407 e. The Kier molecular flexibility index (Phi) is 8.66. The van der Waals surface area contributed by atoms with Crippen LogP contribution in [0, 0.1) is 23.7 Å². The van der Waals surface area contributed by atoms with E-state index < -0.39 is 11.6 Å². The number of carbonyl (C=O) groups excluding carboxylic acids is 3. The van der Waals surface area contributed by atoms with Crippen LogP contribution in [-0.2, 0) is 16.1 Å². The van der Waals surface area contributed by atoms with Crippen molar-refractivity contribution in [2.24, 2.45) is 29.4 Å². The topological polar surface area (TPSA) is 138 Å². The summed E-state index contributed by atoms with van der Waals surface area (Å²) in [5.74, 6) is 0.668. The Hall–Kier alpha value is -2.78. The number of methoxy groups -OCH3 is 1. The Morgan fingerprint density at radius 1 is 1.23 bits per heavy atom. The van der Waals surface area contributed by atoms with Crippen LogP contribution >= 0.6 is 0 Å². The molecule has 35 heavy (non-hydrogen) atoms. The van der Waals surface area contributed by atoms with Crippen LogP contribution in [0.25, 0.3) is 0 Å². The Balaban J connectivity index is 1.74. The van der Waals surface area contributed by atoms with E-state index in [-0.39, 0.29) is 41.5 Å². The molecule has 0 aliphatic heterocycles. The monoisotopic (exact) mass is 491 g/mol. The lowest BCUT2D eigenvalue weighted by Gasteiger charge is -2.45. The number of rotatable bonds is 10. The number of aryl methyl sites for hydroxylation is 1. The molecule has 2 aliphatic rings. The fourth-order valence-electron chi connectivity index (χ4n) is 5.30. The Morgan fingerprint density at radius 2 is 1.89 bits per heavy atom. The van der Waals surface area contributed by atoms with Crippen LogP contribution in [0.5, 0.6) is 5.88 Å². The van der Waals surface area contributed by atoms with Gasteiger partial charge in [-0.3, -0.25) is 9.59 Å². The highest BCUT2D eigenvalue weighted by molar-refractivity contribution is 5.96. The van der Waals surface area contributed by atoms with Gasteiger partial charge in [0.2, 0.25) is 11.8 Å². The van der Waals surface area contributed by atoms with Crippen LogP contribution in [0.3, 0.4) is 0 Å². The first kappa shape index (κ1) is 26.8. The molecular formula is C25H41N5O5. The zero-order chi connectivity index (χ0) is 25.8. The number of carbonyl (C=O) groups is 3. The van der Waals surface area contributed by atoms with Crippen LogP contribution < -0.4 is 21.1 Å². The Bertz CT molecular complexity index is 898. The second-order valence-corrected chi connectivity index (χ2v) is 11.1. The zero-order valence-corrected chi connectivity index (χ0v) is 21.6. The first-order valence-corrected chi connectivity index (χ1v) is 12.7. The summed E-state index contributed by atoms with van der Waals surface area (Å²) in [6.45, 7) is 8.79. The number of alkyl carbamates (subject to hydrolysis) is 1. The third-order valence-electron chi connectivity index (χ3n) is 7.20. The number of nitrogens with two attached hydrogens (primary N) is 1. The standard InChI is InChI=1S/C25H41N5O5/c1-15(2)14-35-23-19(13-27-30(23)10-9-25(3,4)29-24(33)34-5)22(32)28-20-16-7-6-8-17(20)12-18(11-16)21(26)31/h13,15-18,20H,6-12,14H2,1-5H3,(H2,26,31)(H,28,32)(H,29,33). The molecule has 3 amide bonds. The number of amides is 3. The summed E-state index contributed by atoms with van der Waals surface area (Å²) in [6.07, 6.45) is 6.17. The molecule has 2 unspecified atom stereocenters. The van der Waals surface area contributed by atoms with Crippen molar-refractivity contribution in [1.29, 1.82) is 0 Å². The molecule has 1 aromatic heterocycles. The zero-order valence-electron chi connectivity index (χ0n) is 21.6. The molecule has 2 bridgehead atoms. The number of primary amides is 1. The third-order valence-corrected chi connectivity index (χ3v) is 7.20. The molecule has 0 saturated heterocycles. The minimum absolute atomic E-state index is 0.0244. The minimum atomic E-state index is -0.534. The molecule has 2 atom stereocenters. The van der Waals surface area contributed by atoms with Gasteiger partial charge in [-0.05, 0) is 63.7 Å². The second kappa shape index (κ2) is 11.3. The van der Waals surface area contributed by atoms with Gasteiger partial charge in [0.15, 0.2) is 0 Å². The maximum Gasteiger partial charge on any atom is 0.407 e. The Labute approximate surface area is 207 Å². The van der Waals surface area contributed by atoms with E-state index >= 15 is 0 Å². The maximum atomic E-state index is 13.4. The van der Waals surface area contributed by atoms with Crippen molar-refractivity contribution >= 4 is 17.9 Å². The first-order chi connectivity index (χ1) is 16.5. The highest BCUT2D eigenvalue weighted by atomic mass is 16.5. The molecule has 10 heteroatoms. The van der Waals surface area contributed by atoms with E-state index in [1.54, 1.807) is 10.9 Å². The summed E-state index contributed by atoms with van der Waals surface area (Å²) in [5.41, 5.74) is 5.47. The number of aromatic nitrogens is 2. The van der Waals surface area contributed by atoms with Gasteiger partial charge in [-0.2, -0.15) is 5.10 Å². The van der Waals surface area contributed by atoms with Crippen molar-refractivity contribution in [3.05, 3.63) is 11.8 Å². The summed E-state index contributed by atoms with van der Waals surface area (Å²) in [4.78, 5) is 36.9. The van der Waals surface area contributed by atoms with Crippen LogP contribution in [0.15, 0.2) is 6.20 Å². The second-order valence-electron chi connectivity index (χ2n) is 11.1. The number of nitrogens with zero attached hydrogens (tertiary/aromatic N) is 2. The highest BCUT2D eigenvalue weighted by Crippen LogP contribution is 2.43. The van der Waals surface area contributed by atoms with Gasteiger partial charge in [0.25, 0.3) is 5.91 Å². The summed E-state index contributed by atoms with van der Waals surface area (Å²) < 4.78 is 12.4. The summed E-state index contributed by atoms with van der Waals surface area (Å²) in [6, 6.07) is 0.0244. The van der Waals surface area contributed by atoms with Gasteiger partial charge >= 0.3 is 6.09 Å². The first-order valence-electron chi connectivity index (χ1n) is 12.7. The van der Waals surface area contributed by atoms with Crippen molar-refractivity contribution in [2.75, 3.05) is 13.7 Å². The highest BCUT2D eigenvalue weighted by Gasteiger charge is 2.43. The molecule has 1 aromatic rings. The van der Waals surface area contributed by atoms with E-state index in [0.717, 1.165) is 32.1 Å². The largest absolute Gasteiger partial charge is 0.477 e. The predicted octanol–water partition coefficient (Wildman–Crippen LogP) is 2.85. The molecular weight excluding hydrogens is 450 g/mol. The molecule has 2 saturated carbocycles. The molecule has 2 aliphatic carbocycles. The summed E-state index contributed by atoms with van der Waals surface area (Å²) in [7, 11) is 1.33. The van der Waals surface area contributed by atoms with E-state index in [9.17, 15) is 14.4 Å². The fourth-order valence-corrected chi connectivity index (χ4v) is 5.30. The minimum Gasteiger partial charge on any atom is -0.477 e. The maximum absolute atomic E-state index is 13.4. The van der Waals surface area contributed by atoms with E-state index in [2.05, 4.69) is 15.7 Å². The number of nitrogens with one attached hydrogen (secondary N) is 2. The van der Waals surface area contributed by atoms with Gasteiger partial charge in [0.1, 0.15) is 5.56 Å². The number of hydrogen-bond acceptors (Lipinski definition) is 6. The van der Waals surface area contributed by atoms with Gasteiger partial charge in [0.05, 0.1) is 19.9 Å². The lowest BCUT2D eigenvalue weighted by molar-refractivity contribution is -0.124. The average Bonchev–Trinajstić information content (AvgIpc) is 3.18. The van der Waals surface area contributed by atoms with Crippen LogP contribution in [0.4, 0.5) is 4.79 Å². The molecule has 0 radical (unpaired) electrons. The van der Waals surface area contributed by atoms with Gasteiger partial charge < -0.3 is 25.8 Å². The molecule has 196 valence electrons. The number of ether oxygens (including phenoxy) is 2. The molecule has 4 N–H and O–H groups in total. The molecule has 0 spiro atoms. The van der Waals surface area contributed by atoms with Gasteiger partial charge in [-0.1, -0.05) is 20.3 Å². The van der Waals surface area contributed by atoms with Gasteiger partial charge in [-0.25, -0.2) is 9.48 Å². The molecule has 0 aromatic carbocycles. The van der Waals surface area contributed by atoms with E-state index in [1.165, 1.54) is 7.11 Å². The Morgan fingerprint density at radius 3 is 2.46 bits per heavy atom. The normalized spacial score (nSPS) is 24.1. The van der Waals surface area contributed by atoms with Crippen LogP contribution in [0.1, 0.15) is 76.6 Å². The molecule has 10 nitrogen and oxygen atoms in total. The summed E-state index contributed by atoms with van der Waals surface area (Å²) in [5, 5.41) is 10.5. The summed E-state index contributed by atoms with van der Waals surface area (Å²) >= 11 is 0. The average molecular weight is 492 g/mol. The lowest BCUT2D eigenvalue weighted by atomic mass is 9.64. The van der Waals surface area contributed by atoms with E-state index in [4.69, 9.17) is 15.2 Å². The van der Waals surface area contributed by atoms with E-state index in [0.29, 0.717) is 31.0 Å². The van der Waals surface area contributed by atoms with Crippen molar-refractivity contribution in [1.82, 2.24) is 20.4 Å². The fraction of sp³-hybridized carbons (Fsp3) is 0.760. The van der Waals surface area contributed by atoms with Crippen molar-refractivity contribution < 1.29 is 23.9 Å². The predicted molar refractivity (Wildman–Crippen MR) is 131 cm³/mol. The van der Waals surface area contributed by atoms with E-state index in [1.807, 2.05) is 27.7 Å². The molecule has 1 heterocycles. The van der Waals surface area contributed by atoms with Gasteiger partial charge in [0, 0.05) is 24.0 Å². The third kappa shape index (κ3) is 6.89. The quantitative estimate of drug-likeness (QED) is 0.460. The molecule has 3 rings (SSSR count). The number of fused-ring (bicyclic) bond motifs is 2. The van der Waals surface area contributed by atoms with Crippen LogP contribution in [-0.4, -0.2) is 53.0 Å². The molecule has 2 fully saturated rings. The van der Waals surface area contributed by atoms with Crippen LogP contribution in [0.2, 0.25) is 0 Å². The van der Waals surface area contributed by atoms with Gasteiger partial charge in [-0.15, -0.1) is 0 Å². The van der Waals surface area contributed by atoms with Crippen molar-refractivity contribution in [2.45, 2.75) is 84.3 Å². The SMILES string of the molecule is COC(=O)NC(C)(C)CCn1ncc(C(=O)NC2C3CCCC2CC(C(N)=O)C3)c1OCC(C)C.